The number of nitro groups is 1. The summed E-state index contributed by atoms with van der Waals surface area (Å²) in [6.45, 7) is -0.977. The maximum absolute atomic E-state index is 11.8. The van der Waals surface area contributed by atoms with E-state index in [0.717, 1.165) is 6.07 Å². The van der Waals surface area contributed by atoms with Crippen molar-refractivity contribution in [3.8, 4) is 0 Å². The van der Waals surface area contributed by atoms with Crippen LogP contribution >= 0.6 is 0 Å². The number of non-ortho nitro benzene ring substituents is 1. The number of hydrogen-bond donors (Lipinski definition) is 0. The van der Waals surface area contributed by atoms with Crippen LogP contribution in [0.3, 0.4) is 0 Å². The quantitative estimate of drug-likeness (QED) is 0.592. The molecule has 0 fully saturated rings. The fourth-order valence-corrected chi connectivity index (χ4v) is 1.65. The van der Waals surface area contributed by atoms with Gasteiger partial charge in [-0.25, -0.2) is 13.0 Å². The van der Waals surface area contributed by atoms with E-state index in [1.165, 1.54) is 18.2 Å². The van der Waals surface area contributed by atoms with Crippen molar-refractivity contribution in [2.45, 2.75) is 11.3 Å². The van der Waals surface area contributed by atoms with E-state index in [4.69, 9.17) is 0 Å². The maximum atomic E-state index is 11.8. The van der Waals surface area contributed by atoms with Crippen molar-refractivity contribution >= 4 is 16.8 Å². The Morgan fingerprint density at radius 2 is 2.19 bits per heavy atom. The van der Waals surface area contributed by atoms with Gasteiger partial charge < -0.3 is 0 Å². The van der Waals surface area contributed by atoms with E-state index in [9.17, 15) is 23.1 Å². The molecule has 1 unspecified atom stereocenters. The van der Waals surface area contributed by atoms with Crippen LogP contribution in [0.2, 0.25) is 0 Å². The third-order valence-electron chi connectivity index (χ3n) is 1.52. The third kappa shape index (κ3) is 3.63. The second kappa shape index (κ2) is 5.61. The average Bonchev–Trinajstić information content (AvgIpc) is 2.26. The summed E-state index contributed by atoms with van der Waals surface area (Å²) in [6, 6.07) is 4.82. The van der Waals surface area contributed by atoms with Gasteiger partial charge in [0.25, 0.3) is 12.1 Å². The van der Waals surface area contributed by atoms with Crippen LogP contribution in [0.15, 0.2) is 29.2 Å². The number of nitro benzene ring substituents is 1. The summed E-state index contributed by atoms with van der Waals surface area (Å²) in [6.07, 6.45) is -2.73. The van der Waals surface area contributed by atoms with Gasteiger partial charge in [0.2, 0.25) is 0 Å². The fourth-order valence-electron chi connectivity index (χ4n) is 0.882. The minimum Gasteiger partial charge on any atom is -0.281 e. The molecule has 88 valence electrons. The van der Waals surface area contributed by atoms with Crippen LogP contribution in [0.1, 0.15) is 0 Å². The van der Waals surface area contributed by atoms with E-state index in [-0.39, 0.29) is 10.6 Å². The lowest BCUT2D eigenvalue weighted by Crippen LogP contribution is -2.07. The van der Waals surface area contributed by atoms with Gasteiger partial charge in [0.1, 0.15) is 6.61 Å². The van der Waals surface area contributed by atoms with Gasteiger partial charge in [-0.2, -0.15) is 0 Å². The van der Waals surface area contributed by atoms with E-state index in [1.807, 2.05) is 0 Å². The second-order valence-corrected chi connectivity index (χ2v) is 3.84. The van der Waals surface area contributed by atoms with Gasteiger partial charge in [-0.15, -0.1) is 0 Å². The van der Waals surface area contributed by atoms with Crippen molar-refractivity contribution in [2.24, 2.45) is 0 Å². The maximum Gasteiger partial charge on any atom is 0.270 e. The van der Waals surface area contributed by atoms with Gasteiger partial charge in [-0.05, 0) is 6.07 Å². The molecule has 0 N–H and O–H groups in total. The highest BCUT2D eigenvalue weighted by atomic mass is 32.2. The number of rotatable bonds is 5. The standard InChI is InChI=1S/C8H7F2NO4S/c9-8(10)5-15-16(14)7-3-1-2-6(4-7)11(12)13/h1-4,8H,5H2. The van der Waals surface area contributed by atoms with Gasteiger partial charge in [-0.3, -0.25) is 14.3 Å². The summed E-state index contributed by atoms with van der Waals surface area (Å²) in [7, 11) is 0. The largest absolute Gasteiger partial charge is 0.281 e. The highest BCUT2D eigenvalue weighted by Crippen LogP contribution is 2.16. The molecular weight excluding hydrogens is 244 g/mol. The second-order valence-electron chi connectivity index (χ2n) is 2.66. The van der Waals surface area contributed by atoms with Crippen molar-refractivity contribution in [3.05, 3.63) is 34.4 Å². The summed E-state index contributed by atoms with van der Waals surface area (Å²) in [5.74, 6) is 0. The molecule has 0 amide bonds. The summed E-state index contributed by atoms with van der Waals surface area (Å²) in [5, 5.41) is 10.4. The summed E-state index contributed by atoms with van der Waals surface area (Å²) in [4.78, 5) is 9.70. The topological polar surface area (TPSA) is 69.4 Å². The molecule has 16 heavy (non-hydrogen) atoms. The Labute approximate surface area is 91.8 Å². The molecule has 0 radical (unpaired) electrons. The summed E-state index contributed by atoms with van der Waals surface area (Å²) >= 11 is -2.12. The first-order valence-electron chi connectivity index (χ1n) is 4.08. The smallest absolute Gasteiger partial charge is 0.270 e. The van der Waals surface area contributed by atoms with Gasteiger partial charge in [-0.1, -0.05) is 6.07 Å². The molecule has 0 aliphatic carbocycles. The van der Waals surface area contributed by atoms with Crippen LogP contribution in [0, 0.1) is 10.1 Å². The number of halogens is 2. The molecule has 0 saturated carbocycles. The zero-order valence-corrected chi connectivity index (χ0v) is 8.65. The molecule has 8 heteroatoms. The first kappa shape index (κ1) is 12.7. The Kier molecular flexibility index (Phi) is 4.44. The van der Waals surface area contributed by atoms with E-state index < -0.39 is 29.0 Å². The monoisotopic (exact) mass is 251 g/mol. The highest BCUT2D eigenvalue weighted by molar-refractivity contribution is 7.80. The molecule has 0 spiro atoms. The van der Waals surface area contributed by atoms with Crippen molar-refractivity contribution in [3.63, 3.8) is 0 Å². The molecule has 0 bridgehead atoms. The van der Waals surface area contributed by atoms with E-state index >= 15 is 0 Å². The zero-order valence-electron chi connectivity index (χ0n) is 7.84. The fraction of sp³-hybridized carbons (Fsp3) is 0.250. The number of benzene rings is 1. The minimum absolute atomic E-state index is 0.0187. The SMILES string of the molecule is O=[N+]([O-])c1cccc(S(=O)OCC(F)F)c1. The van der Waals surface area contributed by atoms with Gasteiger partial charge in [0, 0.05) is 12.1 Å². The first-order valence-corrected chi connectivity index (χ1v) is 5.16. The molecule has 1 aromatic rings. The Balaban J connectivity index is 2.76. The number of nitrogens with zero attached hydrogens (tertiary/aromatic N) is 1. The molecular formula is C8H7F2NO4S. The Hall–Kier alpha value is -1.41. The van der Waals surface area contributed by atoms with Crippen LogP contribution in [-0.2, 0) is 15.3 Å². The molecule has 1 aromatic carbocycles. The van der Waals surface area contributed by atoms with Crippen molar-refractivity contribution in [1.82, 2.24) is 0 Å². The van der Waals surface area contributed by atoms with E-state index in [2.05, 4.69) is 4.18 Å². The summed E-state index contributed by atoms with van der Waals surface area (Å²) in [5.41, 5.74) is -0.272. The number of alkyl halides is 2. The molecule has 5 nitrogen and oxygen atoms in total. The van der Waals surface area contributed by atoms with Gasteiger partial charge >= 0.3 is 0 Å². The van der Waals surface area contributed by atoms with Crippen molar-refractivity contribution in [1.29, 1.82) is 0 Å². The van der Waals surface area contributed by atoms with Crippen LogP contribution in [-0.4, -0.2) is 22.2 Å². The highest BCUT2D eigenvalue weighted by Gasteiger charge is 2.13. The first-order chi connectivity index (χ1) is 7.50. The lowest BCUT2D eigenvalue weighted by molar-refractivity contribution is -0.385. The third-order valence-corrected chi connectivity index (χ3v) is 2.51. The molecule has 1 atom stereocenters. The van der Waals surface area contributed by atoms with Crippen molar-refractivity contribution < 1.29 is 22.1 Å². The predicted octanol–water partition coefficient (Wildman–Crippen LogP) is 1.90. The number of hydrogen-bond acceptors (Lipinski definition) is 4. The Morgan fingerprint density at radius 3 is 2.75 bits per heavy atom. The lowest BCUT2D eigenvalue weighted by Gasteiger charge is -2.02. The summed E-state index contributed by atoms with van der Waals surface area (Å²) < 4.78 is 39.1. The molecule has 1 rings (SSSR count). The zero-order chi connectivity index (χ0) is 12.1. The Morgan fingerprint density at radius 1 is 1.50 bits per heavy atom. The molecule has 0 aliphatic heterocycles. The Bertz CT molecular complexity index is 413. The molecule has 0 saturated heterocycles. The normalized spacial score (nSPS) is 12.7. The van der Waals surface area contributed by atoms with Crippen molar-refractivity contribution in [2.75, 3.05) is 6.61 Å². The van der Waals surface area contributed by atoms with Gasteiger partial charge in [0.05, 0.1) is 9.82 Å². The minimum atomic E-state index is -2.73. The van der Waals surface area contributed by atoms with Crippen LogP contribution in [0.25, 0.3) is 0 Å². The van der Waals surface area contributed by atoms with E-state index in [0.29, 0.717) is 0 Å². The van der Waals surface area contributed by atoms with Crippen LogP contribution in [0.5, 0.6) is 0 Å². The molecule has 0 heterocycles. The lowest BCUT2D eigenvalue weighted by atomic mass is 10.3. The predicted molar refractivity (Wildman–Crippen MR) is 51.5 cm³/mol. The van der Waals surface area contributed by atoms with Crippen LogP contribution in [0.4, 0.5) is 14.5 Å². The van der Waals surface area contributed by atoms with E-state index in [1.54, 1.807) is 0 Å². The average molecular weight is 251 g/mol. The molecule has 0 aromatic heterocycles. The van der Waals surface area contributed by atoms with Crippen LogP contribution < -0.4 is 0 Å². The molecule has 0 aliphatic rings. The van der Waals surface area contributed by atoms with Gasteiger partial charge in [0.15, 0.2) is 11.1 Å².